The molecule has 3 rings (SSSR count). The third-order valence-corrected chi connectivity index (χ3v) is 4.58. The molecule has 8 nitrogen and oxygen atoms in total. The van der Waals surface area contributed by atoms with Crippen molar-refractivity contribution in [3.05, 3.63) is 86.9 Å². The number of carbonyl (C=O) groups excluding carboxylic acids is 1. The zero-order valence-electron chi connectivity index (χ0n) is 14.9. The molecule has 28 heavy (non-hydrogen) atoms. The largest absolute Gasteiger partial charge is 0.387 e. The molecule has 0 amide bonds. The maximum atomic E-state index is 12.5. The topological polar surface area (TPSA) is 110 Å². The van der Waals surface area contributed by atoms with Crippen molar-refractivity contribution in [2.75, 3.05) is 11.9 Å². The maximum Gasteiger partial charge on any atom is 0.293 e. The Bertz CT molecular complexity index is 1030. The van der Waals surface area contributed by atoms with Gasteiger partial charge in [-0.15, -0.1) is 0 Å². The minimum absolute atomic E-state index is 0.0111. The van der Waals surface area contributed by atoms with Crippen LogP contribution in [0.15, 0.2) is 54.9 Å². The molecule has 0 saturated heterocycles. The second kappa shape index (κ2) is 8.20. The van der Waals surface area contributed by atoms with E-state index in [0.29, 0.717) is 10.6 Å². The normalized spacial score (nSPS) is 11.8. The molecule has 1 atom stereocenters. The Hall–Kier alpha value is -3.23. The van der Waals surface area contributed by atoms with Crippen LogP contribution in [-0.4, -0.2) is 31.9 Å². The molecule has 0 radical (unpaired) electrons. The molecule has 2 aromatic carbocycles. The molecule has 0 aliphatic rings. The Morgan fingerprint density at radius 2 is 2.11 bits per heavy atom. The van der Waals surface area contributed by atoms with Crippen LogP contribution in [0, 0.1) is 10.1 Å². The third kappa shape index (κ3) is 4.03. The zero-order chi connectivity index (χ0) is 20.3. The van der Waals surface area contributed by atoms with E-state index in [1.807, 2.05) is 0 Å². The van der Waals surface area contributed by atoms with E-state index in [1.165, 1.54) is 24.4 Å². The summed E-state index contributed by atoms with van der Waals surface area (Å²) >= 11 is 6.06. The van der Waals surface area contributed by atoms with Crippen LogP contribution in [0.3, 0.4) is 0 Å². The molecule has 0 saturated carbocycles. The Labute approximate surface area is 165 Å². The molecule has 2 N–H and O–H groups in total. The van der Waals surface area contributed by atoms with Gasteiger partial charge in [-0.2, -0.15) is 0 Å². The highest BCUT2D eigenvalue weighted by molar-refractivity contribution is 6.31. The quantitative estimate of drug-likeness (QED) is 0.357. The second-order valence-corrected chi connectivity index (χ2v) is 6.51. The van der Waals surface area contributed by atoms with Gasteiger partial charge in [-0.1, -0.05) is 29.8 Å². The number of imidazole rings is 1. The fourth-order valence-electron chi connectivity index (χ4n) is 2.75. The van der Waals surface area contributed by atoms with Crippen molar-refractivity contribution >= 4 is 28.8 Å². The minimum Gasteiger partial charge on any atom is -0.387 e. The van der Waals surface area contributed by atoms with E-state index in [4.69, 9.17) is 11.6 Å². The molecule has 9 heteroatoms. The lowest BCUT2D eigenvalue weighted by molar-refractivity contribution is -0.384. The molecule has 3 aromatic rings. The third-order valence-electron chi connectivity index (χ3n) is 4.23. The summed E-state index contributed by atoms with van der Waals surface area (Å²) in [4.78, 5) is 27.4. The van der Waals surface area contributed by atoms with Crippen molar-refractivity contribution < 1.29 is 14.8 Å². The highest BCUT2D eigenvalue weighted by Gasteiger charge is 2.21. The van der Waals surface area contributed by atoms with Gasteiger partial charge in [0.05, 0.1) is 11.0 Å². The van der Waals surface area contributed by atoms with Crippen molar-refractivity contribution in [3.8, 4) is 0 Å². The number of nitro benzene ring substituents is 1. The number of rotatable bonds is 7. The van der Waals surface area contributed by atoms with E-state index in [9.17, 15) is 20.0 Å². The average molecular weight is 401 g/mol. The van der Waals surface area contributed by atoms with E-state index in [2.05, 4.69) is 10.3 Å². The number of hydrogen-bond acceptors (Lipinski definition) is 6. The van der Waals surface area contributed by atoms with Crippen LogP contribution < -0.4 is 5.32 Å². The van der Waals surface area contributed by atoms with Crippen molar-refractivity contribution in [1.29, 1.82) is 0 Å². The van der Waals surface area contributed by atoms with Gasteiger partial charge < -0.3 is 15.0 Å². The van der Waals surface area contributed by atoms with Crippen molar-refractivity contribution in [2.24, 2.45) is 7.05 Å². The highest BCUT2D eigenvalue weighted by Crippen LogP contribution is 2.28. The van der Waals surface area contributed by atoms with Gasteiger partial charge in [-0.25, -0.2) is 4.98 Å². The van der Waals surface area contributed by atoms with Gasteiger partial charge >= 0.3 is 0 Å². The summed E-state index contributed by atoms with van der Waals surface area (Å²) in [6.07, 6.45) is 2.14. The molecule has 144 valence electrons. The zero-order valence-corrected chi connectivity index (χ0v) is 15.6. The van der Waals surface area contributed by atoms with Crippen LogP contribution in [0.1, 0.15) is 27.8 Å². The molecule has 0 fully saturated rings. The van der Waals surface area contributed by atoms with Gasteiger partial charge in [0.1, 0.15) is 5.69 Å². The molecular weight excluding hydrogens is 384 g/mol. The van der Waals surface area contributed by atoms with E-state index in [-0.39, 0.29) is 29.3 Å². The summed E-state index contributed by atoms with van der Waals surface area (Å²) in [6, 6.07) is 10.9. The number of aromatic nitrogens is 2. The number of ketones is 1. The molecule has 0 spiro atoms. The summed E-state index contributed by atoms with van der Waals surface area (Å²) < 4.78 is 1.54. The number of nitrogens with zero attached hydrogens (tertiary/aromatic N) is 3. The van der Waals surface area contributed by atoms with Crippen LogP contribution >= 0.6 is 11.6 Å². The lowest BCUT2D eigenvalue weighted by Crippen LogP contribution is -2.14. The number of carbonyl (C=O) groups is 1. The van der Waals surface area contributed by atoms with Gasteiger partial charge in [0, 0.05) is 48.2 Å². The summed E-state index contributed by atoms with van der Waals surface area (Å²) in [5.74, 6) is -0.234. The number of aliphatic hydroxyl groups excluding tert-OH is 1. The van der Waals surface area contributed by atoms with E-state index in [0.717, 1.165) is 0 Å². The van der Waals surface area contributed by atoms with Crippen LogP contribution in [0.2, 0.25) is 5.02 Å². The summed E-state index contributed by atoms with van der Waals surface area (Å²) in [7, 11) is 1.67. The van der Waals surface area contributed by atoms with Gasteiger partial charge in [0.15, 0.2) is 5.82 Å². The highest BCUT2D eigenvalue weighted by atomic mass is 35.5. The molecule has 0 aliphatic heterocycles. The predicted molar refractivity (Wildman–Crippen MR) is 105 cm³/mol. The first-order chi connectivity index (χ1) is 13.4. The SMILES string of the molecule is Cn1ccnc1C(=O)c1ccc(NCC(O)c2ccccc2Cl)c([N+](=O)[O-])c1. The number of benzene rings is 2. The van der Waals surface area contributed by atoms with Gasteiger partial charge in [0.25, 0.3) is 5.69 Å². The Morgan fingerprint density at radius 3 is 2.75 bits per heavy atom. The lowest BCUT2D eigenvalue weighted by Gasteiger charge is -2.15. The fourth-order valence-corrected chi connectivity index (χ4v) is 3.01. The van der Waals surface area contributed by atoms with Crippen molar-refractivity contribution in [2.45, 2.75) is 6.10 Å². The molecule has 1 unspecified atom stereocenters. The molecule has 1 heterocycles. The number of anilines is 1. The first-order valence-electron chi connectivity index (χ1n) is 8.35. The van der Waals surface area contributed by atoms with E-state index in [1.54, 1.807) is 42.1 Å². The molecule has 0 bridgehead atoms. The summed E-state index contributed by atoms with van der Waals surface area (Å²) in [5, 5.41) is 25.0. The molecule has 1 aromatic heterocycles. The standard InChI is InChI=1S/C19H17ClN4O4/c1-23-9-8-21-19(23)18(26)12-6-7-15(16(10-12)24(27)28)22-11-17(25)13-4-2-3-5-14(13)20/h2-10,17,22,25H,11H2,1H3. The monoisotopic (exact) mass is 400 g/mol. The fraction of sp³-hybridized carbons (Fsp3) is 0.158. The molecule has 0 aliphatic carbocycles. The number of aryl methyl sites for hydroxylation is 1. The lowest BCUT2D eigenvalue weighted by atomic mass is 10.1. The van der Waals surface area contributed by atoms with E-state index >= 15 is 0 Å². The Balaban J connectivity index is 1.82. The predicted octanol–water partition coefficient (Wildman–Crippen LogP) is 3.36. The van der Waals surface area contributed by atoms with Gasteiger partial charge in [0.2, 0.25) is 5.78 Å². The van der Waals surface area contributed by atoms with Gasteiger partial charge in [-0.3, -0.25) is 14.9 Å². The summed E-state index contributed by atoms with van der Waals surface area (Å²) in [5.41, 5.74) is 0.581. The Morgan fingerprint density at radius 1 is 1.36 bits per heavy atom. The van der Waals surface area contributed by atoms with E-state index < -0.39 is 16.8 Å². The van der Waals surface area contributed by atoms with Gasteiger partial charge in [-0.05, 0) is 18.2 Å². The summed E-state index contributed by atoms with van der Waals surface area (Å²) in [6.45, 7) is 0.0111. The average Bonchev–Trinajstić information content (AvgIpc) is 3.11. The second-order valence-electron chi connectivity index (χ2n) is 6.10. The smallest absolute Gasteiger partial charge is 0.293 e. The number of nitro groups is 1. The number of nitrogens with one attached hydrogen (secondary N) is 1. The number of halogens is 1. The van der Waals surface area contributed by atoms with Crippen molar-refractivity contribution in [1.82, 2.24) is 9.55 Å². The Kier molecular flexibility index (Phi) is 5.72. The number of hydrogen-bond donors (Lipinski definition) is 2. The van der Waals surface area contributed by atoms with Crippen LogP contribution in [-0.2, 0) is 7.05 Å². The first kappa shape index (κ1) is 19.5. The minimum atomic E-state index is -0.956. The number of aliphatic hydroxyl groups is 1. The molecular formula is C19H17ClN4O4. The van der Waals surface area contributed by atoms with Crippen LogP contribution in [0.5, 0.6) is 0 Å². The van der Waals surface area contributed by atoms with Crippen molar-refractivity contribution in [3.63, 3.8) is 0 Å². The maximum absolute atomic E-state index is 12.5. The van der Waals surface area contributed by atoms with Crippen LogP contribution in [0.25, 0.3) is 0 Å². The van der Waals surface area contributed by atoms with Crippen LogP contribution in [0.4, 0.5) is 11.4 Å². The first-order valence-corrected chi connectivity index (χ1v) is 8.73.